The SMILES string of the molecule is Nc1ncc([N+](=O)[O-])c(Nc2ccc(Cl)c(Br)c2)n1. The number of hydrogen-bond donors (Lipinski definition) is 2. The van der Waals surface area contributed by atoms with Gasteiger partial charge in [0, 0.05) is 10.2 Å². The van der Waals surface area contributed by atoms with Gasteiger partial charge in [-0.15, -0.1) is 0 Å². The first-order valence-corrected chi connectivity index (χ1v) is 6.13. The second-order valence-corrected chi connectivity index (χ2v) is 4.73. The van der Waals surface area contributed by atoms with Crippen molar-refractivity contribution < 1.29 is 4.92 Å². The van der Waals surface area contributed by atoms with Gasteiger partial charge in [-0.1, -0.05) is 11.6 Å². The highest BCUT2D eigenvalue weighted by Crippen LogP contribution is 2.29. The average molecular weight is 345 g/mol. The predicted octanol–water partition coefficient (Wildman–Crippen LogP) is 3.13. The molecule has 1 heterocycles. The second kappa shape index (κ2) is 5.37. The molecule has 0 radical (unpaired) electrons. The minimum atomic E-state index is -0.591. The van der Waals surface area contributed by atoms with E-state index in [1.165, 1.54) is 0 Å². The Bertz CT molecular complexity index is 652. The van der Waals surface area contributed by atoms with Crippen LogP contribution in [0.1, 0.15) is 0 Å². The molecule has 0 aliphatic carbocycles. The summed E-state index contributed by atoms with van der Waals surface area (Å²) in [6, 6.07) is 4.98. The van der Waals surface area contributed by atoms with Gasteiger partial charge in [-0.2, -0.15) is 4.98 Å². The van der Waals surface area contributed by atoms with Gasteiger partial charge in [-0.05, 0) is 34.1 Å². The lowest BCUT2D eigenvalue weighted by Crippen LogP contribution is -2.04. The van der Waals surface area contributed by atoms with E-state index in [-0.39, 0.29) is 17.5 Å². The number of nitrogen functional groups attached to an aromatic ring is 1. The van der Waals surface area contributed by atoms with Crippen molar-refractivity contribution in [3.8, 4) is 0 Å². The molecule has 0 bridgehead atoms. The van der Waals surface area contributed by atoms with Gasteiger partial charge in [0.25, 0.3) is 0 Å². The van der Waals surface area contributed by atoms with Crippen LogP contribution in [0.3, 0.4) is 0 Å². The molecule has 2 aromatic rings. The molecule has 0 saturated carbocycles. The molecular weight excluding hydrogens is 338 g/mol. The zero-order chi connectivity index (χ0) is 14.0. The third-order valence-corrected chi connectivity index (χ3v) is 3.38. The normalized spacial score (nSPS) is 10.2. The van der Waals surface area contributed by atoms with Crippen LogP contribution in [0.5, 0.6) is 0 Å². The molecule has 0 fully saturated rings. The zero-order valence-corrected chi connectivity index (χ0v) is 11.6. The van der Waals surface area contributed by atoms with E-state index < -0.39 is 4.92 Å². The Morgan fingerprint density at radius 1 is 1.47 bits per heavy atom. The maximum absolute atomic E-state index is 10.9. The fraction of sp³-hybridized carbons (Fsp3) is 0. The van der Waals surface area contributed by atoms with Crippen molar-refractivity contribution in [3.05, 3.63) is 44.0 Å². The predicted molar refractivity (Wildman–Crippen MR) is 75.5 cm³/mol. The van der Waals surface area contributed by atoms with E-state index in [2.05, 4.69) is 31.2 Å². The topological polar surface area (TPSA) is 107 Å². The summed E-state index contributed by atoms with van der Waals surface area (Å²) in [6.07, 6.45) is 1.05. The Labute approximate surface area is 121 Å². The third-order valence-electron chi connectivity index (χ3n) is 2.17. The average Bonchev–Trinajstić information content (AvgIpc) is 2.33. The number of rotatable bonds is 3. The minimum absolute atomic E-state index is 0.0201. The van der Waals surface area contributed by atoms with Crippen LogP contribution in [0.2, 0.25) is 5.02 Å². The highest BCUT2D eigenvalue weighted by molar-refractivity contribution is 9.10. The standard InChI is InChI=1S/C10H7BrClN5O2/c11-6-3-5(1-2-7(6)12)15-9-8(17(18)19)4-14-10(13)16-9/h1-4H,(H3,13,14,15,16). The lowest BCUT2D eigenvalue weighted by molar-refractivity contribution is -0.384. The zero-order valence-electron chi connectivity index (χ0n) is 9.30. The van der Waals surface area contributed by atoms with Crippen LogP contribution in [0.4, 0.5) is 23.1 Å². The first-order chi connectivity index (χ1) is 8.97. The molecule has 9 heteroatoms. The quantitative estimate of drug-likeness (QED) is 0.654. The number of anilines is 3. The van der Waals surface area contributed by atoms with E-state index in [1.807, 2.05) is 0 Å². The number of hydrogen-bond acceptors (Lipinski definition) is 6. The Kier molecular flexibility index (Phi) is 3.82. The molecule has 0 aliphatic heterocycles. The monoisotopic (exact) mass is 343 g/mol. The maximum Gasteiger partial charge on any atom is 0.329 e. The van der Waals surface area contributed by atoms with Gasteiger partial charge in [-0.3, -0.25) is 10.1 Å². The van der Waals surface area contributed by atoms with E-state index in [4.69, 9.17) is 17.3 Å². The Morgan fingerprint density at radius 3 is 2.84 bits per heavy atom. The van der Waals surface area contributed by atoms with Gasteiger partial charge < -0.3 is 11.1 Å². The van der Waals surface area contributed by atoms with Crippen molar-refractivity contribution in [2.24, 2.45) is 0 Å². The summed E-state index contributed by atoms with van der Waals surface area (Å²) in [7, 11) is 0. The highest BCUT2D eigenvalue weighted by atomic mass is 79.9. The number of halogens is 2. The molecule has 0 spiro atoms. The fourth-order valence-corrected chi connectivity index (χ4v) is 1.82. The van der Waals surface area contributed by atoms with Crippen molar-refractivity contribution in [2.75, 3.05) is 11.1 Å². The maximum atomic E-state index is 10.9. The van der Waals surface area contributed by atoms with Crippen LogP contribution in [-0.2, 0) is 0 Å². The van der Waals surface area contributed by atoms with E-state index in [0.717, 1.165) is 6.20 Å². The first kappa shape index (κ1) is 13.5. The molecule has 1 aromatic carbocycles. The number of benzene rings is 1. The van der Waals surface area contributed by atoms with Crippen molar-refractivity contribution in [1.82, 2.24) is 9.97 Å². The summed E-state index contributed by atoms with van der Waals surface area (Å²) in [5, 5.41) is 14.2. The molecule has 0 atom stereocenters. The van der Waals surface area contributed by atoms with Crippen LogP contribution in [0.25, 0.3) is 0 Å². The molecular formula is C10H7BrClN5O2. The molecule has 1 aromatic heterocycles. The Hall–Kier alpha value is -1.93. The molecule has 2 rings (SSSR count). The fourth-order valence-electron chi connectivity index (χ4n) is 1.33. The molecule has 0 aliphatic rings. The van der Waals surface area contributed by atoms with Crippen LogP contribution in [0.15, 0.2) is 28.9 Å². The summed E-state index contributed by atoms with van der Waals surface area (Å²) in [5.74, 6) is -0.0344. The van der Waals surface area contributed by atoms with Gasteiger partial charge in [0.15, 0.2) is 0 Å². The number of nitrogens with two attached hydrogens (primary N) is 1. The summed E-state index contributed by atoms with van der Waals surface area (Å²) >= 11 is 9.12. The van der Waals surface area contributed by atoms with E-state index in [1.54, 1.807) is 18.2 Å². The number of nitrogens with zero attached hydrogens (tertiary/aromatic N) is 3. The lowest BCUT2D eigenvalue weighted by Gasteiger charge is -2.07. The van der Waals surface area contributed by atoms with Crippen molar-refractivity contribution >= 4 is 50.7 Å². The molecule has 19 heavy (non-hydrogen) atoms. The van der Waals surface area contributed by atoms with E-state index in [9.17, 15) is 10.1 Å². The number of aromatic nitrogens is 2. The van der Waals surface area contributed by atoms with Gasteiger partial charge >= 0.3 is 5.69 Å². The molecule has 0 unspecified atom stereocenters. The largest absolute Gasteiger partial charge is 0.368 e. The van der Waals surface area contributed by atoms with Crippen molar-refractivity contribution in [2.45, 2.75) is 0 Å². The summed E-state index contributed by atoms with van der Waals surface area (Å²) < 4.78 is 0.656. The third kappa shape index (κ3) is 3.09. The summed E-state index contributed by atoms with van der Waals surface area (Å²) in [4.78, 5) is 17.7. The Morgan fingerprint density at radius 2 is 2.21 bits per heavy atom. The highest BCUT2D eigenvalue weighted by Gasteiger charge is 2.17. The molecule has 98 valence electrons. The Balaban J connectivity index is 2.39. The summed E-state index contributed by atoms with van der Waals surface area (Å²) in [5.41, 5.74) is 5.74. The number of nitro groups is 1. The molecule has 7 nitrogen and oxygen atoms in total. The van der Waals surface area contributed by atoms with Crippen LogP contribution in [-0.4, -0.2) is 14.9 Å². The first-order valence-electron chi connectivity index (χ1n) is 4.96. The summed E-state index contributed by atoms with van der Waals surface area (Å²) in [6.45, 7) is 0. The van der Waals surface area contributed by atoms with Crippen molar-refractivity contribution in [1.29, 1.82) is 0 Å². The van der Waals surface area contributed by atoms with Gasteiger partial charge in [0.05, 0.1) is 9.95 Å². The number of nitrogens with one attached hydrogen (secondary N) is 1. The van der Waals surface area contributed by atoms with Gasteiger partial charge in [0.1, 0.15) is 6.20 Å². The smallest absolute Gasteiger partial charge is 0.329 e. The van der Waals surface area contributed by atoms with Gasteiger partial charge in [0.2, 0.25) is 11.8 Å². The van der Waals surface area contributed by atoms with Crippen LogP contribution >= 0.6 is 27.5 Å². The van der Waals surface area contributed by atoms with Crippen molar-refractivity contribution in [3.63, 3.8) is 0 Å². The molecule has 3 N–H and O–H groups in total. The molecule has 0 amide bonds. The minimum Gasteiger partial charge on any atom is -0.368 e. The molecule has 0 saturated heterocycles. The second-order valence-electron chi connectivity index (χ2n) is 3.47. The van der Waals surface area contributed by atoms with E-state index >= 15 is 0 Å². The van der Waals surface area contributed by atoms with Gasteiger partial charge in [-0.25, -0.2) is 4.98 Å². The lowest BCUT2D eigenvalue weighted by atomic mass is 10.3. The van der Waals surface area contributed by atoms with Crippen LogP contribution < -0.4 is 11.1 Å². The van der Waals surface area contributed by atoms with Crippen LogP contribution in [0, 0.1) is 10.1 Å². The van der Waals surface area contributed by atoms with E-state index in [0.29, 0.717) is 15.2 Å².